The molecule has 2 unspecified atom stereocenters. The molecule has 1 fully saturated rings. The highest BCUT2D eigenvalue weighted by atomic mass is 16.6. The highest BCUT2D eigenvalue weighted by Gasteiger charge is 2.56. The van der Waals surface area contributed by atoms with Crippen LogP contribution in [0.3, 0.4) is 0 Å². The second-order valence-electron chi connectivity index (χ2n) is 5.47. The fourth-order valence-electron chi connectivity index (χ4n) is 3.63. The zero-order valence-corrected chi connectivity index (χ0v) is 13.2. The fraction of sp³-hybridized carbons (Fsp3) is 0.875. The van der Waals surface area contributed by atoms with Gasteiger partial charge in [0.15, 0.2) is 5.41 Å². The monoisotopic (exact) mass is 284 g/mol. The van der Waals surface area contributed by atoms with E-state index >= 15 is 0 Å². The lowest BCUT2D eigenvalue weighted by atomic mass is 9.68. The third kappa shape index (κ3) is 2.99. The number of ether oxygens (including phenoxy) is 2. The molecule has 0 heterocycles. The molecule has 0 radical (unpaired) electrons. The van der Waals surface area contributed by atoms with Gasteiger partial charge in [-0.05, 0) is 38.5 Å². The average Bonchev–Trinajstić information content (AvgIpc) is 2.90. The van der Waals surface area contributed by atoms with Crippen LogP contribution in [0.2, 0.25) is 0 Å². The molecular formula is C16H28O4. The van der Waals surface area contributed by atoms with Gasteiger partial charge in [-0.3, -0.25) is 9.59 Å². The molecule has 4 nitrogen and oxygen atoms in total. The molecule has 1 rings (SSSR count). The van der Waals surface area contributed by atoms with E-state index in [1.54, 1.807) is 13.8 Å². The number of rotatable bonds is 7. The molecule has 1 aliphatic rings. The third-order valence-electron chi connectivity index (χ3n) is 4.65. The van der Waals surface area contributed by atoms with Crippen LogP contribution >= 0.6 is 0 Å². The van der Waals surface area contributed by atoms with Gasteiger partial charge in [0.25, 0.3) is 0 Å². The van der Waals surface area contributed by atoms with E-state index in [1.807, 2.05) is 6.92 Å². The van der Waals surface area contributed by atoms with Gasteiger partial charge in [-0.1, -0.05) is 33.1 Å². The van der Waals surface area contributed by atoms with Crippen molar-refractivity contribution in [2.45, 2.75) is 59.8 Å². The molecule has 0 aromatic heterocycles. The first kappa shape index (κ1) is 17.0. The van der Waals surface area contributed by atoms with Gasteiger partial charge in [0.05, 0.1) is 13.2 Å². The van der Waals surface area contributed by atoms with Crippen molar-refractivity contribution in [3.05, 3.63) is 0 Å². The van der Waals surface area contributed by atoms with Crippen LogP contribution in [0.15, 0.2) is 0 Å². The van der Waals surface area contributed by atoms with Crippen LogP contribution in [0, 0.1) is 17.3 Å². The summed E-state index contributed by atoms with van der Waals surface area (Å²) >= 11 is 0. The van der Waals surface area contributed by atoms with Gasteiger partial charge in [-0.15, -0.1) is 0 Å². The fourth-order valence-corrected chi connectivity index (χ4v) is 3.63. The Morgan fingerprint density at radius 1 is 1.00 bits per heavy atom. The Balaban J connectivity index is 3.15. The van der Waals surface area contributed by atoms with Crippen LogP contribution in [0.5, 0.6) is 0 Å². The molecular weight excluding hydrogens is 256 g/mol. The summed E-state index contributed by atoms with van der Waals surface area (Å²) in [5.41, 5.74) is -1.11. The minimum absolute atomic E-state index is 0.0515. The average molecular weight is 284 g/mol. The van der Waals surface area contributed by atoms with Crippen LogP contribution in [-0.4, -0.2) is 25.2 Å². The van der Waals surface area contributed by atoms with Crippen LogP contribution < -0.4 is 0 Å². The van der Waals surface area contributed by atoms with Crippen molar-refractivity contribution in [2.24, 2.45) is 17.3 Å². The summed E-state index contributed by atoms with van der Waals surface area (Å²) in [5, 5.41) is 0. The van der Waals surface area contributed by atoms with Gasteiger partial charge in [0.1, 0.15) is 0 Å². The summed E-state index contributed by atoms with van der Waals surface area (Å²) in [6.07, 6.45) is 4.51. The first-order valence-electron chi connectivity index (χ1n) is 7.92. The molecule has 0 aliphatic heterocycles. The molecule has 0 aromatic carbocycles. The Labute approximate surface area is 122 Å². The Kier molecular flexibility index (Phi) is 6.50. The van der Waals surface area contributed by atoms with Crippen molar-refractivity contribution in [3.63, 3.8) is 0 Å². The second kappa shape index (κ2) is 7.65. The molecule has 0 N–H and O–H groups in total. The van der Waals surface area contributed by atoms with Gasteiger partial charge in [-0.2, -0.15) is 0 Å². The Morgan fingerprint density at radius 2 is 1.55 bits per heavy atom. The molecule has 2 atom stereocenters. The standard InChI is InChI=1S/C16H28O4/c1-5-12-10-9-11-13(12)16(6-2,14(17)19-7-3)15(18)20-8-4/h12-13H,5-11H2,1-4H3. The summed E-state index contributed by atoms with van der Waals surface area (Å²) in [6.45, 7) is 8.15. The maximum Gasteiger partial charge on any atom is 0.323 e. The highest BCUT2D eigenvalue weighted by molar-refractivity contribution is 6.00. The van der Waals surface area contributed by atoms with E-state index in [9.17, 15) is 9.59 Å². The van der Waals surface area contributed by atoms with Crippen LogP contribution in [0.25, 0.3) is 0 Å². The van der Waals surface area contributed by atoms with E-state index in [2.05, 4.69) is 6.92 Å². The molecule has 116 valence electrons. The van der Waals surface area contributed by atoms with Crippen molar-refractivity contribution in [2.75, 3.05) is 13.2 Å². The molecule has 1 saturated carbocycles. The maximum absolute atomic E-state index is 12.5. The summed E-state index contributed by atoms with van der Waals surface area (Å²) in [7, 11) is 0. The number of carbonyl (C=O) groups is 2. The Bertz CT molecular complexity index is 319. The largest absolute Gasteiger partial charge is 0.465 e. The summed E-state index contributed by atoms with van der Waals surface area (Å²) in [5.74, 6) is -0.336. The molecule has 20 heavy (non-hydrogen) atoms. The predicted molar refractivity (Wildman–Crippen MR) is 77.1 cm³/mol. The lowest BCUT2D eigenvalue weighted by Gasteiger charge is -2.36. The van der Waals surface area contributed by atoms with Crippen LogP contribution in [-0.2, 0) is 19.1 Å². The van der Waals surface area contributed by atoms with Gasteiger partial charge in [-0.25, -0.2) is 0 Å². The minimum Gasteiger partial charge on any atom is -0.465 e. The van der Waals surface area contributed by atoms with E-state index in [0.29, 0.717) is 25.6 Å². The molecule has 4 heteroatoms. The Hall–Kier alpha value is -1.06. The van der Waals surface area contributed by atoms with Crippen molar-refractivity contribution in [1.82, 2.24) is 0 Å². The van der Waals surface area contributed by atoms with Crippen LogP contribution in [0.4, 0.5) is 0 Å². The maximum atomic E-state index is 12.5. The lowest BCUT2D eigenvalue weighted by Crippen LogP contribution is -2.48. The first-order chi connectivity index (χ1) is 9.58. The van der Waals surface area contributed by atoms with E-state index in [4.69, 9.17) is 9.47 Å². The highest BCUT2D eigenvalue weighted by Crippen LogP contribution is 2.48. The van der Waals surface area contributed by atoms with Gasteiger partial charge < -0.3 is 9.47 Å². The van der Waals surface area contributed by atoms with Crippen LogP contribution in [0.1, 0.15) is 59.8 Å². The normalized spacial score (nSPS) is 22.6. The molecule has 0 spiro atoms. The van der Waals surface area contributed by atoms with E-state index in [0.717, 1.165) is 25.7 Å². The van der Waals surface area contributed by atoms with E-state index in [-0.39, 0.29) is 5.92 Å². The smallest absolute Gasteiger partial charge is 0.323 e. The SMILES string of the molecule is CCOC(=O)C(CC)(C(=O)OCC)C1CCCC1CC. The van der Waals surface area contributed by atoms with Crippen molar-refractivity contribution in [1.29, 1.82) is 0 Å². The zero-order chi connectivity index (χ0) is 15.2. The molecule has 0 saturated heterocycles. The molecule has 1 aliphatic carbocycles. The first-order valence-corrected chi connectivity index (χ1v) is 7.92. The number of carbonyl (C=O) groups excluding carboxylic acids is 2. The van der Waals surface area contributed by atoms with Crippen molar-refractivity contribution < 1.29 is 19.1 Å². The molecule has 0 amide bonds. The molecule has 0 bridgehead atoms. The van der Waals surface area contributed by atoms with Gasteiger partial charge in [0.2, 0.25) is 0 Å². The lowest BCUT2D eigenvalue weighted by molar-refractivity contribution is -0.178. The van der Waals surface area contributed by atoms with Gasteiger partial charge >= 0.3 is 11.9 Å². The summed E-state index contributed by atoms with van der Waals surface area (Å²) in [6, 6.07) is 0. The summed E-state index contributed by atoms with van der Waals surface area (Å²) in [4.78, 5) is 25.1. The summed E-state index contributed by atoms with van der Waals surface area (Å²) < 4.78 is 10.5. The third-order valence-corrected chi connectivity index (χ3v) is 4.65. The number of hydrogen-bond acceptors (Lipinski definition) is 4. The van der Waals surface area contributed by atoms with Gasteiger partial charge in [0, 0.05) is 0 Å². The number of esters is 2. The van der Waals surface area contributed by atoms with Crippen molar-refractivity contribution in [3.8, 4) is 0 Å². The van der Waals surface area contributed by atoms with Crippen molar-refractivity contribution >= 4 is 11.9 Å². The Morgan fingerprint density at radius 3 is 1.95 bits per heavy atom. The topological polar surface area (TPSA) is 52.6 Å². The predicted octanol–water partition coefficient (Wildman–Crippen LogP) is 3.34. The van der Waals surface area contributed by atoms with E-state index in [1.165, 1.54) is 0 Å². The number of hydrogen-bond donors (Lipinski definition) is 0. The molecule has 0 aromatic rings. The second-order valence-corrected chi connectivity index (χ2v) is 5.47. The van der Waals surface area contributed by atoms with E-state index < -0.39 is 17.4 Å². The minimum atomic E-state index is -1.11. The zero-order valence-electron chi connectivity index (χ0n) is 13.2. The quantitative estimate of drug-likeness (QED) is 0.531.